The number of hydrogen-bond acceptors (Lipinski definition) is 3. The molecule has 0 amide bonds. The number of benzene rings is 1. The van der Waals surface area contributed by atoms with E-state index in [0.29, 0.717) is 12.3 Å². The number of rotatable bonds is 5. The van der Waals surface area contributed by atoms with Crippen LogP contribution in [0.3, 0.4) is 0 Å². The zero-order chi connectivity index (χ0) is 13.8. The maximum absolute atomic E-state index is 13.1. The molecule has 0 bridgehead atoms. The van der Waals surface area contributed by atoms with E-state index in [1.165, 1.54) is 12.1 Å². The van der Waals surface area contributed by atoms with Crippen molar-refractivity contribution in [2.24, 2.45) is 0 Å². The number of hydrogen-bond donors (Lipinski definition) is 2. The summed E-state index contributed by atoms with van der Waals surface area (Å²) >= 11 is 5.55. The van der Waals surface area contributed by atoms with E-state index in [2.05, 4.69) is 5.32 Å². The van der Waals surface area contributed by atoms with Crippen molar-refractivity contribution in [3.05, 3.63) is 29.0 Å². The van der Waals surface area contributed by atoms with Gasteiger partial charge in [-0.2, -0.15) is 0 Å². The van der Waals surface area contributed by atoms with Gasteiger partial charge in [-0.25, -0.2) is 4.39 Å². The Labute approximate surface area is 112 Å². The molecule has 102 valence electrons. The quantitative estimate of drug-likeness (QED) is 0.868. The fourth-order valence-electron chi connectivity index (χ4n) is 1.24. The number of ether oxygens (including phenoxy) is 1. The Bertz CT molecular complexity index is 393. The van der Waals surface area contributed by atoms with E-state index in [-0.39, 0.29) is 17.2 Å². The summed E-state index contributed by atoms with van der Waals surface area (Å²) in [6.07, 6.45) is -0.650. The van der Waals surface area contributed by atoms with Crippen molar-refractivity contribution in [3.63, 3.8) is 0 Å². The van der Waals surface area contributed by atoms with Crippen molar-refractivity contribution in [3.8, 4) is 5.75 Å². The van der Waals surface area contributed by atoms with Crippen molar-refractivity contribution in [2.45, 2.75) is 32.4 Å². The highest BCUT2D eigenvalue weighted by atomic mass is 35.5. The minimum absolute atomic E-state index is 0.0531. The average Bonchev–Trinajstić information content (AvgIpc) is 2.27. The van der Waals surface area contributed by atoms with E-state index in [1.54, 1.807) is 6.07 Å². The highest BCUT2D eigenvalue weighted by molar-refractivity contribution is 6.30. The minimum atomic E-state index is -0.650. The maximum Gasteiger partial charge on any atom is 0.145 e. The van der Waals surface area contributed by atoms with E-state index < -0.39 is 11.9 Å². The Morgan fingerprint density at radius 3 is 2.67 bits per heavy atom. The molecule has 18 heavy (non-hydrogen) atoms. The Morgan fingerprint density at radius 1 is 1.44 bits per heavy atom. The van der Waals surface area contributed by atoms with Crippen molar-refractivity contribution in [2.75, 3.05) is 13.2 Å². The summed E-state index contributed by atoms with van der Waals surface area (Å²) in [4.78, 5) is 0. The SMILES string of the molecule is CC(C)(C)NCC(O)COc1ccc(Cl)c(F)c1. The fourth-order valence-corrected chi connectivity index (χ4v) is 1.36. The number of β-amino-alcohol motifs (C(OH)–C–C–N with tert-alkyl or cyclic N) is 1. The molecule has 0 aromatic heterocycles. The maximum atomic E-state index is 13.1. The average molecular weight is 276 g/mol. The normalized spacial score (nSPS) is 13.4. The standard InChI is InChI=1S/C13H19ClFNO2/c1-13(2,3)16-7-9(17)8-18-10-4-5-11(14)12(15)6-10/h4-6,9,16-17H,7-8H2,1-3H3. The van der Waals surface area contributed by atoms with Crippen LogP contribution in [0.4, 0.5) is 4.39 Å². The van der Waals surface area contributed by atoms with Crippen molar-refractivity contribution in [1.29, 1.82) is 0 Å². The molecule has 3 nitrogen and oxygen atoms in total. The zero-order valence-corrected chi connectivity index (χ0v) is 11.6. The molecule has 0 aliphatic rings. The van der Waals surface area contributed by atoms with Crippen LogP contribution in [0.2, 0.25) is 5.02 Å². The number of aliphatic hydroxyl groups is 1. The van der Waals surface area contributed by atoms with Crippen LogP contribution in [0.1, 0.15) is 20.8 Å². The molecule has 0 spiro atoms. The third-order valence-electron chi connectivity index (χ3n) is 2.20. The van der Waals surface area contributed by atoms with Crippen LogP contribution in [0.5, 0.6) is 5.75 Å². The highest BCUT2D eigenvalue weighted by Crippen LogP contribution is 2.20. The van der Waals surface area contributed by atoms with Gasteiger partial charge in [0.25, 0.3) is 0 Å². The van der Waals surface area contributed by atoms with Crippen LogP contribution in [0.15, 0.2) is 18.2 Å². The molecule has 1 rings (SSSR count). The van der Waals surface area contributed by atoms with Crippen LogP contribution < -0.4 is 10.1 Å². The van der Waals surface area contributed by atoms with Crippen LogP contribution >= 0.6 is 11.6 Å². The minimum Gasteiger partial charge on any atom is -0.491 e. The van der Waals surface area contributed by atoms with Crippen molar-refractivity contribution >= 4 is 11.6 Å². The number of aliphatic hydroxyl groups excluding tert-OH is 1. The smallest absolute Gasteiger partial charge is 0.145 e. The van der Waals surface area contributed by atoms with Gasteiger partial charge < -0.3 is 15.2 Å². The molecular weight excluding hydrogens is 257 g/mol. The van der Waals surface area contributed by atoms with Crippen LogP contribution in [0, 0.1) is 5.82 Å². The summed E-state index contributed by atoms with van der Waals surface area (Å²) in [6.45, 7) is 6.54. The van der Waals surface area contributed by atoms with Crippen LogP contribution in [-0.2, 0) is 0 Å². The molecule has 0 saturated carbocycles. The second-order valence-electron chi connectivity index (χ2n) is 5.17. The molecule has 1 aromatic carbocycles. The lowest BCUT2D eigenvalue weighted by molar-refractivity contribution is 0.0999. The first-order valence-corrected chi connectivity index (χ1v) is 6.17. The Hall–Kier alpha value is -0.840. The Morgan fingerprint density at radius 2 is 2.11 bits per heavy atom. The molecule has 0 heterocycles. The van der Waals surface area contributed by atoms with E-state index in [4.69, 9.17) is 16.3 Å². The van der Waals surface area contributed by atoms with E-state index >= 15 is 0 Å². The molecule has 0 fully saturated rings. The lowest BCUT2D eigenvalue weighted by atomic mass is 10.1. The molecule has 1 atom stereocenters. The Kier molecular flexibility index (Phi) is 5.38. The number of nitrogens with one attached hydrogen (secondary N) is 1. The summed E-state index contributed by atoms with van der Waals surface area (Å²) in [5, 5.41) is 12.9. The monoisotopic (exact) mass is 275 g/mol. The molecule has 0 saturated heterocycles. The lowest BCUT2D eigenvalue weighted by Crippen LogP contribution is -2.42. The van der Waals surface area contributed by atoms with Gasteiger partial charge in [0.05, 0.1) is 5.02 Å². The third kappa shape index (κ3) is 5.67. The predicted octanol–water partition coefficient (Wildman–Crippen LogP) is 2.61. The molecule has 1 aromatic rings. The molecule has 0 aliphatic heterocycles. The van der Waals surface area contributed by atoms with Crippen LogP contribution in [0.25, 0.3) is 0 Å². The second kappa shape index (κ2) is 6.36. The van der Waals surface area contributed by atoms with Gasteiger partial charge in [-0.15, -0.1) is 0 Å². The zero-order valence-electron chi connectivity index (χ0n) is 10.8. The van der Waals surface area contributed by atoms with Gasteiger partial charge >= 0.3 is 0 Å². The van der Waals surface area contributed by atoms with Crippen molar-refractivity contribution < 1.29 is 14.2 Å². The molecular formula is C13H19ClFNO2. The molecule has 0 aliphatic carbocycles. The summed E-state index contributed by atoms with van der Waals surface area (Å²) < 4.78 is 18.4. The molecule has 1 unspecified atom stereocenters. The fraction of sp³-hybridized carbons (Fsp3) is 0.538. The second-order valence-corrected chi connectivity index (χ2v) is 5.58. The van der Waals surface area contributed by atoms with E-state index in [0.717, 1.165) is 0 Å². The van der Waals surface area contributed by atoms with E-state index in [9.17, 15) is 9.50 Å². The summed E-state index contributed by atoms with van der Waals surface area (Å²) in [6, 6.07) is 4.19. The highest BCUT2D eigenvalue weighted by Gasteiger charge is 2.12. The van der Waals surface area contributed by atoms with Gasteiger partial charge in [-0.3, -0.25) is 0 Å². The van der Waals surface area contributed by atoms with Crippen molar-refractivity contribution in [1.82, 2.24) is 5.32 Å². The van der Waals surface area contributed by atoms with Crippen LogP contribution in [-0.4, -0.2) is 29.9 Å². The predicted molar refractivity (Wildman–Crippen MR) is 70.7 cm³/mol. The summed E-state index contributed by atoms with van der Waals surface area (Å²) in [5.74, 6) is -0.178. The van der Waals surface area contributed by atoms with Gasteiger partial charge in [-0.05, 0) is 32.9 Å². The number of halogens is 2. The molecule has 0 radical (unpaired) electrons. The van der Waals surface area contributed by atoms with Gasteiger partial charge in [0.15, 0.2) is 0 Å². The molecule has 5 heteroatoms. The lowest BCUT2D eigenvalue weighted by Gasteiger charge is -2.22. The van der Waals surface area contributed by atoms with Gasteiger partial charge in [-0.1, -0.05) is 11.6 Å². The van der Waals surface area contributed by atoms with Gasteiger partial charge in [0, 0.05) is 18.2 Å². The van der Waals surface area contributed by atoms with E-state index in [1.807, 2.05) is 20.8 Å². The topological polar surface area (TPSA) is 41.5 Å². The first-order chi connectivity index (χ1) is 8.28. The summed E-state index contributed by atoms with van der Waals surface area (Å²) in [7, 11) is 0. The summed E-state index contributed by atoms with van der Waals surface area (Å²) in [5.41, 5.74) is -0.0621. The third-order valence-corrected chi connectivity index (χ3v) is 2.51. The first kappa shape index (κ1) is 15.2. The molecule has 2 N–H and O–H groups in total. The largest absolute Gasteiger partial charge is 0.491 e. The van der Waals surface area contributed by atoms with Gasteiger partial charge in [0.2, 0.25) is 0 Å². The first-order valence-electron chi connectivity index (χ1n) is 5.79. The van der Waals surface area contributed by atoms with Gasteiger partial charge in [0.1, 0.15) is 24.3 Å². The Balaban J connectivity index is 2.38.